The zero-order valence-electron chi connectivity index (χ0n) is 24.0. The Labute approximate surface area is 248 Å². The molecule has 2 aromatic heterocycles. The number of likely N-dealkylation sites (tertiary alicyclic amines) is 1. The number of fused-ring (bicyclic) bond motifs is 2. The van der Waals surface area contributed by atoms with E-state index < -0.39 is 17.7 Å². The van der Waals surface area contributed by atoms with E-state index in [-0.39, 0.29) is 0 Å². The molecule has 1 fully saturated rings. The summed E-state index contributed by atoms with van der Waals surface area (Å²) in [6, 6.07) is 15.9. The van der Waals surface area contributed by atoms with Gasteiger partial charge in [0.15, 0.2) is 6.10 Å². The van der Waals surface area contributed by atoms with Gasteiger partial charge >= 0.3 is 5.97 Å². The van der Waals surface area contributed by atoms with Crippen LogP contribution in [0.4, 0.5) is 0 Å². The summed E-state index contributed by atoms with van der Waals surface area (Å²) in [5.41, 5.74) is 6.55. The number of likely N-dealkylation sites (N-methyl/N-ethyl adjacent to an activating group) is 1. The molecule has 3 aromatic carbocycles. The highest BCUT2D eigenvalue weighted by Gasteiger charge is 2.33. The number of aryl methyl sites for hydroxylation is 2. The molecule has 1 unspecified atom stereocenters. The molecule has 0 bridgehead atoms. The van der Waals surface area contributed by atoms with Crippen molar-refractivity contribution in [2.75, 3.05) is 20.1 Å². The number of nitrogens with zero attached hydrogens (tertiary/aromatic N) is 4. The second-order valence-electron chi connectivity index (χ2n) is 12.0. The summed E-state index contributed by atoms with van der Waals surface area (Å²) in [5, 5.41) is 17.8. The molecule has 1 atom stereocenters. The lowest BCUT2D eigenvalue weighted by atomic mass is 9.91. The fraction of sp³-hybridized carbons (Fsp3) is 0.344. The normalized spacial score (nSPS) is 15.5. The van der Waals surface area contributed by atoms with E-state index in [2.05, 4.69) is 30.1 Å². The number of carboxylic acid groups (broad SMARTS) is 1. The van der Waals surface area contributed by atoms with Gasteiger partial charge < -0.3 is 14.7 Å². The van der Waals surface area contributed by atoms with Gasteiger partial charge in [-0.25, -0.2) is 9.78 Å². The minimum absolute atomic E-state index is 0.423. The number of hydrogen-bond acceptors (Lipinski definition) is 6. The van der Waals surface area contributed by atoms with Gasteiger partial charge in [-0.05, 0) is 82.3 Å². The topological polar surface area (TPSA) is 80.5 Å². The number of carbonyl (C=O) groups is 1. The number of ether oxygens (including phenoxy) is 1. The highest BCUT2D eigenvalue weighted by Crippen LogP contribution is 2.45. The molecule has 0 saturated carbocycles. The Morgan fingerprint density at radius 1 is 1.10 bits per heavy atom. The fourth-order valence-electron chi connectivity index (χ4n) is 5.76. The third-order valence-electron chi connectivity index (χ3n) is 7.60. The predicted molar refractivity (Wildman–Crippen MR) is 166 cm³/mol. The summed E-state index contributed by atoms with van der Waals surface area (Å²) in [5.74, 6) is -0.606. The molecule has 41 heavy (non-hydrogen) atoms. The fourth-order valence-corrected chi connectivity index (χ4v) is 7.01. The quantitative estimate of drug-likeness (QED) is 0.222. The molecule has 1 aliphatic rings. The third kappa shape index (κ3) is 5.14. The van der Waals surface area contributed by atoms with Crippen LogP contribution in [-0.2, 0) is 16.6 Å². The molecule has 1 saturated heterocycles. The van der Waals surface area contributed by atoms with Crippen molar-refractivity contribution in [1.29, 1.82) is 0 Å². The van der Waals surface area contributed by atoms with Gasteiger partial charge in [0, 0.05) is 53.2 Å². The second kappa shape index (κ2) is 10.2. The lowest BCUT2D eigenvalue weighted by molar-refractivity contribution is -0.160. The SMILES string of the molecule is Cc1cc2nc(-c3ccc4c(c3)c(C3CN(C)C3)nn4C)sc2c(-c2ccc(Cl)cc2)c1C(OC(C)(C)C)C(=O)O. The summed E-state index contributed by atoms with van der Waals surface area (Å²) in [4.78, 5) is 20.0. The van der Waals surface area contributed by atoms with Gasteiger partial charge in [0.2, 0.25) is 0 Å². The average molecular weight is 589 g/mol. The van der Waals surface area contributed by atoms with Crippen LogP contribution in [0.15, 0.2) is 48.5 Å². The first-order valence-electron chi connectivity index (χ1n) is 13.7. The lowest BCUT2D eigenvalue weighted by Crippen LogP contribution is -2.42. The van der Waals surface area contributed by atoms with Crippen LogP contribution in [0, 0.1) is 6.92 Å². The molecular formula is C32H33ClN4O3S. The van der Waals surface area contributed by atoms with Crippen molar-refractivity contribution in [2.45, 2.75) is 45.3 Å². The minimum atomic E-state index is -1.15. The Balaban J connectivity index is 1.56. The van der Waals surface area contributed by atoms with Gasteiger partial charge in [0.05, 0.1) is 27.0 Å². The van der Waals surface area contributed by atoms with Gasteiger partial charge in [-0.1, -0.05) is 23.7 Å². The lowest BCUT2D eigenvalue weighted by Gasteiger charge is -2.35. The average Bonchev–Trinajstić information content (AvgIpc) is 3.45. The number of benzene rings is 3. The summed E-state index contributed by atoms with van der Waals surface area (Å²) in [6.45, 7) is 9.55. The first-order valence-corrected chi connectivity index (χ1v) is 14.8. The van der Waals surface area contributed by atoms with E-state index >= 15 is 0 Å². The summed E-state index contributed by atoms with van der Waals surface area (Å²) in [6.07, 6.45) is -1.15. The van der Waals surface area contributed by atoms with E-state index in [0.717, 1.165) is 67.2 Å². The van der Waals surface area contributed by atoms with Crippen molar-refractivity contribution in [1.82, 2.24) is 19.7 Å². The van der Waals surface area contributed by atoms with Gasteiger partial charge in [-0.15, -0.1) is 11.3 Å². The zero-order chi connectivity index (χ0) is 29.2. The van der Waals surface area contributed by atoms with Crippen LogP contribution in [0.5, 0.6) is 0 Å². The standard InChI is InChI=1S/C32H33ClN4O3S/c1-17-13-23-29(26(18-7-10-21(33)11-8-18)25(17)28(31(38)39)40-32(2,3)4)41-30(34-23)19-9-12-24-22(14-19)27(35-37(24)6)20-15-36(5)16-20/h7-14,20,28H,15-16H2,1-6H3,(H,38,39). The molecule has 7 nitrogen and oxygen atoms in total. The Kier molecular flexibility index (Phi) is 6.93. The Bertz CT molecular complexity index is 1800. The van der Waals surface area contributed by atoms with Crippen LogP contribution in [-0.4, -0.2) is 56.5 Å². The van der Waals surface area contributed by atoms with Crippen molar-refractivity contribution in [3.8, 4) is 21.7 Å². The van der Waals surface area contributed by atoms with E-state index in [1.54, 1.807) is 11.3 Å². The molecule has 3 heterocycles. The van der Waals surface area contributed by atoms with Crippen molar-refractivity contribution >= 4 is 50.0 Å². The number of carboxylic acids is 1. The first-order chi connectivity index (χ1) is 19.4. The Morgan fingerprint density at radius 3 is 2.41 bits per heavy atom. The largest absolute Gasteiger partial charge is 0.479 e. The molecular weight excluding hydrogens is 556 g/mol. The number of aromatic nitrogens is 3. The highest BCUT2D eigenvalue weighted by molar-refractivity contribution is 7.22. The smallest absolute Gasteiger partial charge is 0.337 e. The predicted octanol–water partition coefficient (Wildman–Crippen LogP) is 7.45. The van der Waals surface area contributed by atoms with Crippen molar-refractivity contribution in [2.24, 2.45) is 7.05 Å². The molecule has 6 rings (SSSR count). The molecule has 9 heteroatoms. The van der Waals surface area contributed by atoms with Crippen molar-refractivity contribution < 1.29 is 14.6 Å². The summed E-state index contributed by atoms with van der Waals surface area (Å²) < 4.78 is 9.02. The number of thiazole rings is 1. The first kappa shape index (κ1) is 27.8. The van der Waals surface area contributed by atoms with E-state index in [0.29, 0.717) is 16.5 Å². The molecule has 5 aromatic rings. The molecule has 1 N–H and O–H groups in total. The van der Waals surface area contributed by atoms with E-state index in [4.69, 9.17) is 26.4 Å². The number of aliphatic carboxylic acids is 1. The molecule has 1 aliphatic heterocycles. The van der Waals surface area contributed by atoms with Crippen molar-refractivity contribution in [3.05, 3.63) is 70.4 Å². The molecule has 0 spiro atoms. The monoisotopic (exact) mass is 588 g/mol. The zero-order valence-corrected chi connectivity index (χ0v) is 25.6. The summed E-state index contributed by atoms with van der Waals surface area (Å²) in [7, 11) is 4.12. The Hall–Kier alpha value is -3.30. The maximum Gasteiger partial charge on any atom is 0.337 e. The van der Waals surface area contributed by atoms with Gasteiger partial charge in [0.1, 0.15) is 5.01 Å². The van der Waals surface area contributed by atoms with Crippen LogP contribution in [0.25, 0.3) is 42.8 Å². The van der Waals surface area contributed by atoms with Crippen LogP contribution >= 0.6 is 22.9 Å². The Morgan fingerprint density at radius 2 is 1.78 bits per heavy atom. The van der Waals surface area contributed by atoms with Crippen molar-refractivity contribution in [3.63, 3.8) is 0 Å². The highest BCUT2D eigenvalue weighted by atomic mass is 35.5. The summed E-state index contributed by atoms with van der Waals surface area (Å²) >= 11 is 7.81. The molecule has 0 aliphatic carbocycles. The van der Waals surface area contributed by atoms with Crippen LogP contribution < -0.4 is 0 Å². The van der Waals surface area contributed by atoms with Gasteiger partial charge in [-0.2, -0.15) is 5.10 Å². The number of hydrogen-bond donors (Lipinski definition) is 1. The van der Waals surface area contributed by atoms with E-state index in [1.165, 1.54) is 0 Å². The maximum atomic E-state index is 12.6. The van der Waals surface area contributed by atoms with Gasteiger partial charge in [0.25, 0.3) is 0 Å². The second-order valence-corrected chi connectivity index (χ2v) is 13.4. The van der Waals surface area contributed by atoms with E-state index in [9.17, 15) is 9.90 Å². The van der Waals surface area contributed by atoms with Crippen LogP contribution in [0.1, 0.15) is 49.6 Å². The minimum Gasteiger partial charge on any atom is -0.479 e. The molecule has 0 amide bonds. The molecule has 0 radical (unpaired) electrons. The van der Waals surface area contributed by atoms with E-state index in [1.807, 2.05) is 69.8 Å². The van der Waals surface area contributed by atoms with Crippen LogP contribution in [0.2, 0.25) is 5.02 Å². The molecule has 212 valence electrons. The third-order valence-corrected chi connectivity index (χ3v) is 8.98. The number of halogens is 1. The van der Waals surface area contributed by atoms with Gasteiger partial charge in [-0.3, -0.25) is 4.68 Å². The maximum absolute atomic E-state index is 12.6. The number of rotatable bonds is 6. The van der Waals surface area contributed by atoms with Crippen LogP contribution in [0.3, 0.4) is 0 Å².